The molecule has 1 N–H and O–H groups in total. The van der Waals surface area contributed by atoms with E-state index in [2.05, 4.69) is 5.10 Å². The van der Waals surface area contributed by atoms with Gasteiger partial charge in [-0.2, -0.15) is 23.3 Å². The van der Waals surface area contributed by atoms with Crippen molar-refractivity contribution in [2.75, 3.05) is 14.2 Å². The van der Waals surface area contributed by atoms with Gasteiger partial charge in [-0.15, -0.1) is 0 Å². The summed E-state index contributed by atoms with van der Waals surface area (Å²) < 4.78 is 51.6. The highest BCUT2D eigenvalue weighted by Crippen LogP contribution is 2.41. The number of aliphatic hydroxyl groups is 1. The number of aryl methyl sites for hydroxylation is 1. The molecule has 1 atom stereocenters. The van der Waals surface area contributed by atoms with Crippen molar-refractivity contribution in [1.82, 2.24) is 5.01 Å². The molecule has 166 valence electrons. The summed E-state index contributed by atoms with van der Waals surface area (Å²) in [6.07, 6.45) is -5.58. The van der Waals surface area contributed by atoms with Crippen molar-refractivity contribution < 1.29 is 32.5 Å². The van der Waals surface area contributed by atoms with Crippen LogP contribution < -0.4 is 9.47 Å². The molecule has 0 saturated carbocycles. The van der Waals surface area contributed by atoms with Gasteiger partial charge in [0, 0.05) is 0 Å². The number of methoxy groups -OCH3 is 2. The fourth-order valence-corrected chi connectivity index (χ4v) is 3.36. The number of hydrogen-bond acceptors (Lipinski definition) is 5. The maximum atomic E-state index is 13.8. The maximum absolute atomic E-state index is 13.8. The summed E-state index contributed by atoms with van der Waals surface area (Å²) >= 11 is 0. The van der Waals surface area contributed by atoms with Gasteiger partial charge in [-0.1, -0.05) is 37.3 Å². The number of carbonyl (C=O) groups excluding carboxylic acids is 1. The van der Waals surface area contributed by atoms with Crippen molar-refractivity contribution in [1.29, 1.82) is 0 Å². The summed E-state index contributed by atoms with van der Waals surface area (Å²) in [5.74, 6) is -0.241. The molecular weight excluding hydrogens is 413 g/mol. The SMILES string of the molecule is CCc1ccc(C2=NN(C(=O)Cc3ccc(OC)c(OC)c3)[C@](O)(C(F)(F)F)C2)cc1. The molecule has 1 amide bonds. The van der Waals surface area contributed by atoms with Gasteiger partial charge in [0.05, 0.1) is 32.8 Å². The number of nitrogens with zero attached hydrogens (tertiary/aromatic N) is 2. The fourth-order valence-electron chi connectivity index (χ4n) is 3.36. The summed E-state index contributed by atoms with van der Waals surface area (Å²) in [7, 11) is 2.85. The number of rotatable bonds is 6. The second-order valence-electron chi connectivity index (χ2n) is 7.16. The maximum Gasteiger partial charge on any atom is 0.438 e. The lowest BCUT2D eigenvalue weighted by Crippen LogP contribution is -2.57. The van der Waals surface area contributed by atoms with Crippen molar-refractivity contribution in [2.24, 2.45) is 5.10 Å². The Balaban J connectivity index is 1.92. The van der Waals surface area contributed by atoms with Crippen LogP contribution in [0.25, 0.3) is 0 Å². The molecule has 31 heavy (non-hydrogen) atoms. The predicted octanol–water partition coefficient (Wildman–Crippen LogP) is 3.70. The van der Waals surface area contributed by atoms with Gasteiger partial charge >= 0.3 is 6.18 Å². The summed E-state index contributed by atoms with van der Waals surface area (Å²) in [5.41, 5.74) is -1.61. The highest BCUT2D eigenvalue weighted by molar-refractivity contribution is 6.03. The smallest absolute Gasteiger partial charge is 0.438 e. The van der Waals surface area contributed by atoms with Crippen LogP contribution in [-0.2, 0) is 17.6 Å². The third-order valence-corrected chi connectivity index (χ3v) is 5.17. The van der Waals surface area contributed by atoms with Crippen LogP contribution in [-0.4, -0.2) is 47.9 Å². The van der Waals surface area contributed by atoms with E-state index < -0.39 is 30.7 Å². The second kappa shape index (κ2) is 8.58. The first-order valence-electron chi connectivity index (χ1n) is 9.62. The van der Waals surface area contributed by atoms with Gasteiger partial charge in [-0.25, -0.2) is 0 Å². The topological polar surface area (TPSA) is 71.4 Å². The van der Waals surface area contributed by atoms with Crippen LogP contribution in [0, 0.1) is 0 Å². The monoisotopic (exact) mass is 436 g/mol. The van der Waals surface area contributed by atoms with Crippen molar-refractivity contribution in [3.63, 3.8) is 0 Å². The van der Waals surface area contributed by atoms with E-state index in [9.17, 15) is 23.1 Å². The zero-order valence-electron chi connectivity index (χ0n) is 17.4. The van der Waals surface area contributed by atoms with E-state index in [4.69, 9.17) is 9.47 Å². The molecule has 9 heteroatoms. The minimum atomic E-state index is -5.09. The van der Waals surface area contributed by atoms with Crippen molar-refractivity contribution >= 4 is 11.6 Å². The van der Waals surface area contributed by atoms with E-state index >= 15 is 0 Å². The van der Waals surface area contributed by atoms with Crippen LogP contribution in [0.1, 0.15) is 30.0 Å². The lowest BCUT2D eigenvalue weighted by atomic mass is 9.99. The Hall–Kier alpha value is -3.07. The average Bonchev–Trinajstić information content (AvgIpc) is 3.12. The van der Waals surface area contributed by atoms with Crippen LogP contribution in [0.3, 0.4) is 0 Å². The predicted molar refractivity (Wildman–Crippen MR) is 108 cm³/mol. The molecule has 2 aromatic rings. The molecule has 1 aliphatic heterocycles. The summed E-state index contributed by atoms with van der Waals surface area (Å²) in [5, 5.41) is 14.5. The number of halogens is 3. The Kier molecular flexibility index (Phi) is 6.26. The second-order valence-corrected chi connectivity index (χ2v) is 7.16. The van der Waals surface area contributed by atoms with E-state index in [1.165, 1.54) is 26.4 Å². The van der Waals surface area contributed by atoms with Gasteiger partial charge in [0.1, 0.15) is 0 Å². The molecule has 0 unspecified atom stereocenters. The van der Waals surface area contributed by atoms with Gasteiger partial charge in [0.25, 0.3) is 5.72 Å². The molecule has 0 radical (unpaired) electrons. The molecule has 1 heterocycles. The third-order valence-electron chi connectivity index (χ3n) is 5.17. The number of ether oxygens (including phenoxy) is 2. The molecule has 0 aromatic heterocycles. The molecule has 0 aliphatic carbocycles. The lowest BCUT2D eigenvalue weighted by molar-refractivity contribution is -0.302. The summed E-state index contributed by atoms with van der Waals surface area (Å²) in [6.45, 7) is 1.96. The Bertz CT molecular complexity index is 989. The first-order chi connectivity index (χ1) is 14.6. The summed E-state index contributed by atoms with van der Waals surface area (Å²) in [4.78, 5) is 12.8. The normalized spacial score (nSPS) is 18.7. The molecule has 0 saturated heterocycles. The fraction of sp³-hybridized carbons (Fsp3) is 0.364. The number of benzene rings is 2. The van der Waals surface area contributed by atoms with Gasteiger partial charge in [-0.05, 0) is 35.2 Å². The van der Waals surface area contributed by atoms with Crippen LogP contribution in [0.15, 0.2) is 47.6 Å². The van der Waals surface area contributed by atoms with Crippen LogP contribution in [0.5, 0.6) is 11.5 Å². The van der Waals surface area contributed by atoms with Gasteiger partial charge in [0.2, 0.25) is 5.91 Å². The van der Waals surface area contributed by atoms with E-state index in [1.807, 2.05) is 6.92 Å². The minimum absolute atomic E-state index is 0.0110. The number of carbonyl (C=O) groups is 1. The van der Waals surface area contributed by atoms with Gasteiger partial charge in [-0.3, -0.25) is 4.79 Å². The van der Waals surface area contributed by atoms with Crippen LogP contribution in [0.4, 0.5) is 13.2 Å². The Labute approximate surface area is 177 Å². The molecule has 0 spiro atoms. The van der Waals surface area contributed by atoms with Crippen molar-refractivity contribution in [3.8, 4) is 11.5 Å². The first kappa shape index (κ1) is 22.6. The zero-order valence-corrected chi connectivity index (χ0v) is 17.4. The molecule has 2 aromatic carbocycles. The highest BCUT2D eigenvalue weighted by Gasteiger charge is 2.63. The zero-order chi connectivity index (χ0) is 22.8. The van der Waals surface area contributed by atoms with Crippen LogP contribution in [0.2, 0.25) is 0 Å². The highest BCUT2D eigenvalue weighted by atomic mass is 19.4. The molecule has 6 nitrogen and oxygen atoms in total. The van der Waals surface area contributed by atoms with E-state index in [0.717, 1.165) is 12.0 Å². The number of alkyl halides is 3. The Morgan fingerprint density at radius 2 is 1.71 bits per heavy atom. The van der Waals surface area contributed by atoms with Crippen molar-refractivity contribution in [2.45, 2.75) is 38.1 Å². The van der Waals surface area contributed by atoms with E-state index in [0.29, 0.717) is 22.6 Å². The molecular formula is C22H23F3N2O4. The Morgan fingerprint density at radius 3 is 2.26 bits per heavy atom. The minimum Gasteiger partial charge on any atom is -0.493 e. The molecule has 1 aliphatic rings. The first-order valence-corrected chi connectivity index (χ1v) is 9.62. The van der Waals surface area contributed by atoms with Crippen molar-refractivity contribution in [3.05, 3.63) is 59.2 Å². The lowest BCUT2D eigenvalue weighted by Gasteiger charge is -2.32. The van der Waals surface area contributed by atoms with Crippen LogP contribution >= 0.6 is 0 Å². The quantitative estimate of drug-likeness (QED) is 0.750. The number of hydrazone groups is 1. The average molecular weight is 436 g/mol. The van der Waals surface area contributed by atoms with Gasteiger partial charge < -0.3 is 14.6 Å². The molecule has 0 bridgehead atoms. The molecule has 0 fully saturated rings. The Morgan fingerprint density at radius 1 is 1.10 bits per heavy atom. The van der Waals surface area contributed by atoms with E-state index in [1.54, 1.807) is 30.3 Å². The number of amides is 1. The summed E-state index contributed by atoms with van der Waals surface area (Å²) in [6, 6.07) is 11.4. The largest absolute Gasteiger partial charge is 0.493 e. The van der Waals surface area contributed by atoms with Gasteiger partial charge in [0.15, 0.2) is 11.5 Å². The third kappa shape index (κ3) is 4.36. The van der Waals surface area contributed by atoms with E-state index in [-0.39, 0.29) is 10.7 Å². The number of hydrogen-bond donors (Lipinski definition) is 1. The standard InChI is InChI=1S/C22H23F3N2O4/c1-4-14-5-8-16(9-6-14)17-13-21(29,22(23,24)25)27(26-17)20(28)12-15-7-10-18(30-2)19(11-15)31-3/h5-11,29H,4,12-13H2,1-3H3/t21-/m1/s1. The molecule has 3 rings (SSSR count).